The monoisotopic (exact) mass is 289 g/mol. The molecule has 2 heterocycles. The van der Waals surface area contributed by atoms with Gasteiger partial charge in [-0.25, -0.2) is 4.39 Å². The number of benzene rings is 1. The smallest absolute Gasteiger partial charge is 0.200 e. The van der Waals surface area contributed by atoms with Gasteiger partial charge >= 0.3 is 0 Å². The quantitative estimate of drug-likeness (QED) is 0.805. The Balaban J connectivity index is 1.95. The summed E-state index contributed by atoms with van der Waals surface area (Å²) < 4.78 is 15.8. The topological polar surface area (TPSA) is 50.4 Å². The molecule has 1 atom stereocenters. The van der Waals surface area contributed by atoms with E-state index in [2.05, 4.69) is 10.2 Å². The van der Waals surface area contributed by atoms with Gasteiger partial charge < -0.3 is 5.11 Å². The van der Waals surface area contributed by atoms with Crippen molar-refractivity contribution in [1.82, 2.24) is 14.6 Å². The van der Waals surface area contributed by atoms with E-state index in [4.69, 9.17) is 0 Å². The molecule has 0 spiro atoms. The summed E-state index contributed by atoms with van der Waals surface area (Å²) in [7, 11) is 0. The predicted octanol–water partition coefficient (Wildman–Crippen LogP) is 3.07. The summed E-state index contributed by atoms with van der Waals surface area (Å²) in [6, 6.07) is 10.3. The molecule has 0 unspecified atom stereocenters. The fourth-order valence-electron chi connectivity index (χ4n) is 1.85. The third-order valence-electron chi connectivity index (χ3n) is 2.92. The molecule has 0 saturated carbocycles. The van der Waals surface area contributed by atoms with Crippen molar-refractivity contribution in [2.24, 2.45) is 0 Å². The van der Waals surface area contributed by atoms with Crippen LogP contribution >= 0.6 is 11.8 Å². The second-order valence-electron chi connectivity index (χ2n) is 4.38. The number of aliphatic hydroxyl groups excluding tert-OH is 1. The van der Waals surface area contributed by atoms with Gasteiger partial charge in [0.1, 0.15) is 5.82 Å². The number of hydrogen-bond donors (Lipinski definition) is 1. The van der Waals surface area contributed by atoms with Gasteiger partial charge in [0.15, 0.2) is 5.65 Å². The van der Waals surface area contributed by atoms with Crippen molar-refractivity contribution in [2.75, 3.05) is 0 Å². The highest BCUT2D eigenvalue weighted by Crippen LogP contribution is 2.30. The molecular formula is C14H12FN3OS. The molecule has 0 saturated heterocycles. The van der Waals surface area contributed by atoms with Gasteiger partial charge in [-0.15, -0.1) is 10.2 Å². The molecular weight excluding hydrogens is 277 g/mol. The van der Waals surface area contributed by atoms with Gasteiger partial charge in [-0.1, -0.05) is 12.1 Å². The van der Waals surface area contributed by atoms with E-state index in [0.29, 0.717) is 15.6 Å². The number of pyridine rings is 1. The molecule has 0 bridgehead atoms. The average molecular weight is 289 g/mol. The van der Waals surface area contributed by atoms with Crippen LogP contribution in [0.15, 0.2) is 52.6 Å². The van der Waals surface area contributed by atoms with Crippen molar-refractivity contribution in [3.05, 3.63) is 54.0 Å². The summed E-state index contributed by atoms with van der Waals surface area (Å²) in [6.45, 7) is 1.60. The Morgan fingerprint density at radius 2 is 2.10 bits per heavy atom. The lowest BCUT2D eigenvalue weighted by atomic mass is 10.1. The van der Waals surface area contributed by atoms with Crippen LogP contribution < -0.4 is 0 Å². The maximum Gasteiger partial charge on any atom is 0.200 e. The second kappa shape index (κ2) is 5.22. The lowest BCUT2D eigenvalue weighted by molar-refractivity contribution is 0.198. The van der Waals surface area contributed by atoms with Crippen LogP contribution in [0.4, 0.5) is 4.39 Å². The van der Waals surface area contributed by atoms with Gasteiger partial charge in [0.25, 0.3) is 0 Å². The standard InChI is InChI=1S/C14H12FN3OS/c1-9(19)10-5-6-12(11(15)8-10)20-14-17-16-13-4-2-3-7-18(13)14/h2-9,19H,1H3/t9-/m1/s1. The maximum absolute atomic E-state index is 14.0. The number of fused-ring (bicyclic) bond motifs is 1. The molecule has 0 aliphatic heterocycles. The summed E-state index contributed by atoms with van der Waals surface area (Å²) in [5.74, 6) is -0.374. The largest absolute Gasteiger partial charge is 0.389 e. The minimum atomic E-state index is -0.683. The molecule has 0 radical (unpaired) electrons. The van der Waals surface area contributed by atoms with Gasteiger partial charge in [-0.2, -0.15) is 0 Å². The summed E-state index contributed by atoms with van der Waals surface area (Å²) in [4.78, 5) is 0.451. The number of aliphatic hydroxyl groups is 1. The molecule has 3 rings (SSSR count). The predicted molar refractivity (Wildman–Crippen MR) is 74.1 cm³/mol. The Kier molecular flexibility index (Phi) is 3.42. The third-order valence-corrected chi connectivity index (χ3v) is 3.93. The summed E-state index contributed by atoms with van der Waals surface area (Å²) in [5, 5.41) is 18.1. The molecule has 20 heavy (non-hydrogen) atoms. The summed E-state index contributed by atoms with van der Waals surface area (Å²) in [6.07, 6.45) is 1.15. The molecule has 1 aromatic carbocycles. The lowest BCUT2D eigenvalue weighted by Crippen LogP contribution is -1.93. The molecule has 1 N–H and O–H groups in total. The summed E-state index contributed by atoms with van der Waals surface area (Å²) >= 11 is 1.20. The number of rotatable bonds is 3. The Morgan fingerprint density at radius 1 is 1.25 bits per heavy atom. The molecule has 102 valence electrons. The minimum Gasteiger partial charge on any atom is -0.389 e. The van der Waals surface area contributed by atoms with E-state index in [0.717, 1.165) is 5.65 Å². The fourth-order valence-corrected chi connectivity index (χ4v) is 2.67. The van der Waals surface area contributed by atoms with Crippen LogP contribution in [0, 0.1) is 5.82 Å². The molecule has 6 heteroatoms. The van der Waals surface area contributed by atoms with Crippen molar-refractivity contribution >= 4 is 17.4 Å². The van der Waals surface area contributed by atoms with E-state index in [1.807, 2.05) is 24.4 Å². The average Bonchev–Trinajstić information content (AvgIpc) is 2.84. The first-order chi connectivity index (χ1) is 9.65. The highest BCUT2D eigenvalue weighted by molar-refractivity contribution is 7.99. The van der Waals surface area contributed by atoms with Gasteiger partial charge in [0, 0.05) is 6.20 Å². The van der Waals surface area contributed by atoms with Crippen molar-refractivity contribution < 1.29 is 9.50 Å². The van der Waals surface area contributed by atoms with Gasteiger partial charge in [-0.05, 0) is 48.5 Å². The first-order valence-electron chi connectivity index (χ1n) is 6.10. The van der Waals surface area contributed by atoms with Crippen molar-refractivity contribution in [2.45, 2.75) is 23.1 Å². The van der Waals surface area contributed by atoms with Crippen LogP contribution in [0.25, 0.3) is 5.65 Å². The first-order valence-corrected chi connectivity index (χ1v) is 6.92. The molecule has 0 aliphatic rings. The number of aromatic nitrogens is 3. The number of nitrogens with zero attached hydrogens (tertiary/aromatic N) is 3. The van der Waals surface area contributed by atoms with Crippen LogP contribution in [0.2, 0.25) is 0 Å². The fraction of sp³-hybridized carbons (Fsp3) is 0.143. The van der Waals surface area contributed by atoms with Crippen LogP contribution in [-0.2, 0) is 0 Å². The van der Waals surface area contributed by atoms with E-state index in [1.54, 1.807) is 23.5 Å². The SMILES string of the molecule is C[C@@H](O)c1ccc(Sc2nnc3ccccn23)c(F)c1. The van der Waals surface area contributed by atoms with Crippen LogP contribution in [-0.4, -0.2) is 19.7 Å². The van der Waals surface area contributed by atoms with Crippen LogP contribution in [0.5, 0.6) is 0 Å². The van der Waals surface area contributed by atoms with Gasteiger partial charge in [0.2, 0.25) is 5.16 Å². The van der Waals surface area contributed by atoms with E-state index in [-0.39, 0.29) is 5.82 Å². The van der Waals surface area contributed by atoms with E-state index in [9.17, 15) is 9.50 Å². The van der Waals surface area contributed by atoms with Crippen LogP contribution in [0.3, 0.4) is 0 Å². The molecule has 0 aliphatic carbocycles. The lowest BCUT2D eigenvalue weighted by Gasteiger charge is -2.07. The second-order valence-corrected chi connectivity index (χ2v) is 5.39. The van der Waals surface area contributed by atoms with Gasteiger partial charge in [0.05, 0.1) is 11.0 Å². The maximum atomic E-state index is 14.0. The highest BCUT2D eigenvalue weighted by Gasteiger charge is 2.12. The van der Waals surface area contributed by atoms with Gasteiger partial charge in [-0.3, -0.25) is 4.40 Å². The Bertz CT molecular complexity index is 757. The molecule has 2 aromatic heterocycles. The zero-order valence-corrected chi connectivity index (χ0v) is 11.5. The zero-order valence-electron chi connectivity index (χ0n) is 10.7. The van der Waals surface area contributed by atoms with Crippen molar-refractivity contribution in [3.8, 4) is 0 Å². The van der Waals surface area contributed by atoms with Crippen LogP contribution in [0.1, 0.15) is 18.6 Å². The first kappa shape index (κ1) is 13.1. The van der Waals surface area contributed by atoms with Crippen molar-refractivity contribution in [3.63, 3.8) is 0 Å². The molecule has 0 amide bonds. The highest BCUT2D eigenvalue weighted by atomic mass is 32.2. The van der Waals surface area contributed by atoms with Crippen molar-refractivity contribution in [1.29, 1.82) is 0 Å². The number of halogens is 1. The Labute approximate surface area is 119 Å². The van der Waals surface area contributed by atoms with E-state index < -0.39 is 6.10 Å². The normalized spacial score (nSPS) is 12.8. The molecule has 0 fully saturated rings. The Hall–Kier alpha value is -1.92. The third kappa shape index (κ3) is 2.39. The van der Waals surface area contributed by atoms with E-state index in [1.165, 1.54) is 17.8 Å². The molecule has 4 nitrogen and oxygen atoms in total. The minimum absolute atomic E-state index is 0.374. The summed E-state index contributed by atoms with van der Waals surface area (Å²) in [5.41, 5.74) is 1.27. The Morgan fingerprint density at radius 3 is 2.85 bits per heavy atom. The molecule has 3 aromatic rings. The number of hydrogen-bond acceptors (Lipinski definition) is 4. The van der Waals surface area contributed by atoms with E-state index >= 15 is 0 Å². The zero-order chi connectivity index (χ0) is 14.1.